The van der Waals surface area contributed by atoms with Gasteiger partial charge in [-0.3, -0.25) is 14.5 Å². The van der Waals surface area contributed by atoms with Crippen molar-refractivity contribution in [2.75, 3.05) is 26.4 Å². The Morgan fingerprint density at radius 3 is 2.29 bits per heavy atom. The van der Waals surface area contributed by atoms with Gasteiger partial charge in [0.05, 0.1) is 13.2 Å². The first-order chi connectivity index (χ1) is 8.25. The van der Waals surface area contributed by atoms with Crippen LogP contribution in [0.5, 0.6) is 0 Å². The molecular weight excluding hydrogens is 222 g/mol. The second kappa shape index (κ2) is 7.97. The molecule has 2 amide bonds. The van der Waals surface area contributed by atoms with E-state index < -0.39 is 0 Å². The zero-order chi connectivity index (χ0) is 12.5. The minimum Gasteiger partial charge on any atom is -0.394 e. The monoisotopic (exact) mass is 241 g/mol. The number of aliphatic hydroxyl groups excluding tert-OH is 1. The van der Waals surface area contributed by atoms with Gasteiger partial charge in [-0.1, -0.05) is 12.8 Å². The number of amides is 2. The van der Waals surface area contributed by atoms with E-state index in [1.54, 1.807) is 0 Å². The third-order valence-corrected chi connectivity index (χ3v) is 2.56. The number of imide groups is 1. The maximum absolute atomic E-state index is 11.2. The van der Waals surface area contributed by atoms with E-state index in [9.17, 15) is 9.59 Å². The fourth-order valence-corrected chi connectivity index (χ4v) is 1.65. The molecule has 0 radical (unpaired) electrons. The van der Waals surface area contributed by atoms with Crippen LogP contribution in [0.2, 0.25) is 0 Å². The van der Waals surface area contributed by atoms with Gasteiger partial charge in [0, 0.05) is 25.3 Å². The highest BCUT2D eigenvalue weighted by Crippen LogP contribution is 2.07. The molecule has 0 bridgehead atoms. The summed E-state index contributed by atoms with van der Waals surface area (Å²) in [5.41, 5.74) is 0. The van der Waals surface area contributed by atoms with Gasteiger partial charge >= 0.3 is 0 Å². The number of hydrogen-bond donors (Lipinski definition) is 1. The lowest BCUT2D eigenvalue weighted by Crippen LogP contribution is -2.30. The highest BCUT2D eigenvalue weighted by molar-refractivity contribution is 6.12. The molecule has 5 heteroatoms. The largest absolute Gasteiger partial charge is 0.394 e. The van der Waals surface area contributed by atoms with Crippen molar-refractivity contribution in [3.63, 3.8) is 0 Å². The maximum Gasteiger partial charge on any atom is 0.253 e. The number of rotatable bonds is 9. The van der Waals surface area contributed by atoms with Crippen LogP contribution in [0, 0.1) is 0 Å². The zero-order valence-corrected chi connectivity index (χ0v) is 9.93. The lowest BCUT2D eigenvalue weighted by Gasteiger charge is -2.12. The molecular formula is C12H19NO4. The van der Waals surface area contributed by atoms with Gasteiger partial charge < -0.3 is 9.84 Å². The average molecular weight is 241 g/mol. The quantitative estimate of drug-likeness (QED) is 0.471. The van der Waals surface area contributed by atoms with Crippen molar-refractivity contribution in [3.05, 3.63) is 12.2 Å². The normalized spacial score (nSPS) is 15.0. The number of ether oxygens (including phenoxy) is 1. The van der Waals surface area contributed by atoms with E-state index in [-0.39, 0.29) is 18.4 Å². The summed E-state index contributed by atoms with van der Waals surface area (Å²) < 4.78 is 5.12. The van der Waals surface area contributed by atoms with E-state index in [1.807, 2.05) is 0 Å². The molecule has 0 saturated heterocycles. The van der Waals surface area contributed by atoms with E-state index in [0.717, 1.165) is 25.7 Å². The maximum atomic E-state index is 11.2. The van der Waals surface area contributed by atoms with Gasteiger partial charge in [-0.25, -0.2) is 0 Å². The Labute approximate surface area is 101 Å². The van der Waals surface area contributed by atoms with E-state index in [1.165, 1.54) is 17.1 Å². The van der Waals surface area contributed by atoms with E-state index in [2.05, 4.69) is 0 Å². The van der Waals surface area contributed by atoms with Gasteiger partial charge in [0.1, 0.15) is 0 Å². The second-order valence-electron chi connectivity index (χ2n) is 3.91. The SMILES string of the molecule is O=C1C=CC(=O)N1CCCCCCOCCO. The van der Waals surface area contributed by atoms with Crippen LogP contribution in [0.4, 0.5) is 0 Å². The predicted octanol–water partition coefficient (Wildman–Crippen LogP) is 0.481. The average Bonchev–Trinajstić information content (AvgIpc) is 2.63. The summed E-state index contributed by atoms with van der Waals surface area (Å²) in [7, 11) is 0. The molecule has 0 unspecified atom stereocenters. The molecule has 0 aromatic carbocycles. The van der Waals surface area contributed by atoms with Crippen molar-refractivity contribution in [3.8, 4) is 0 Å². The molecule has 1 heterocycles. The van der Waals surface area contributed by atoms with Gasteiger partial charge in [0.15, 0.2) is 0 Å². The van der Waals surface area contributed by atoms with Crippen molar-refractivity contribution in [1.82, 2.24) is 4.90 Å². The first kappa shape index (κ1) is 13.9. The molecule has 5 nitrogen and oxygen atoms in total. The smallest absolute Gasteiger partial charge is 0.253 e. The standard InChI is InChI=1S/C12H19NO4/c14-8-10-17-9-4-2-1-3-7-13-11(15)5-6-12(13)16/h5-6,14H,1-4,7-10H2. The summed E-state index contributed by atoms with van der Waals surface area (Å²) in [4.78, 5) is 23.7. The molecule has 1 rings (SSSR count). The van der Waals surface area contributed by atoms with E-state index in [0.29, 0.717) is 19.8 Å². The van der Waals surface area contributed by atoms with Gasteiger partial charge in [-0.05, 0) is 12.8 Å². The molecule has 0 aliphatic carbocycles. The van der Waals surface area contributed by atoms with Crippen molar-refractivity contribution >= 4 is 11.8 Å². The van der Waals surface area contributed by atoms with Crippen molar-refractivity contribution < 1.29 is 19.4 Å². The summed E-state index contributed by atoms with van der Waals surface area (Å²) in [6.45, 7) is 1.61. The summed E-state index contributed by atoms with van der Waals surface area (Å²) in [6.07, 6.45) is 6.38. The van der Waals surface area contributed by atoms with Crippen molar-refractivity contribution in [1.29, 1.82) is 0 Å². The first-order valence-corrected chi connectivity index (χ1v) is 5.98. The lowest BCUT2D eigenvalue weighted by atomic mass is 10.2. The second-order valence-corrected chi connectivity index (χ2v) is 3.91. The van der Waals surface area contributed by atoms with Gasteiger partial charge in [0.25, 0.3) is 11.8 Å². The molecule has 0 saturated carbocycles. The van der Waals surface area contributed by atoms with Crippen molar-refractivity contribution in [2.24, 2.45) is 0 Å². The van der Waals surface area contributed by atoms with Gasteiger partial charge in [0.2, 0.25) is 0 Å². The fraction of sp³-hybridized carbons (Fsp3) is 0.667. The molecule has 0 fully saturated rings. The minimum atomic E-state index is -0.207. The number of aliphatic hydroxyl groups is 1. The molecule has 1 N–H and O–H groups in total. The Kier molecular flexibility index (Phi) is 6.50. The Morgan fingerprint density at radius 1 is 1.00 bits per heavy atom. The summed E-state index contributed by atoms with van der Waals surface area (Å²) in [5.74, 6) is -0.414. The van der Waals surface area contributed by atoms with Gasteiger partial charge in [-0.15, -0.1) is 0 Å². The predicted molar refractivity (Wildman–Crippen MR) is 62.2 cm³/mol. The highest BCUT2D eigenvalue weighted by atomic mass is 16.5. The number of hydrogen-bond acceptors (Lipinski definition) is 4. The summed E-state index contributed by atoms with van der Waals surface area (Å²) in [5, 5.41) is 8.48. The Hall–Kier alpha value is -1.20. The lowest BCUT2D eigenvalue weighted by molar-refractivity contribution is -0.136. The molecule has 0 spiro atoms. The molecule has 17 heavy (non-hydrogen) atoms. The third-order valence-electron chi connectivity index (χ3n) is 2.56. The van der Waals surface area contributed by atoms with Crippen LogP contribution >= 0.6 is 0 Å². The first-order valence-electron chi connectivity index (χ1n) is 5.98. The number of unbranched alkanes of at least 4 members (excludes halogenated alkanes) is 3. The Balaban J connectivity index is 1.94. The zero-order valence-electron chi connectivity index (χ0n) is 9.93. The minimum absolute atomic E-state index is 0.0617. The number of carbonyl (C=O) groups is 2. The Morgan fingerprint density at radius 2 is 1.65 bits per heavy atom. The topological polar surface area (TPSA) is 66.8 Å². The van der Waals surface area contributed by atoms with Gasteiger partial charge in [-0.2, -0.15) is 0 Å². The summed E-state index contributed by atoms with van der Waals surface area (Å²) in [6, 6.07) is 0. The van der Waals surface area contributed by atoms with Crippen LogP contribution in [0.25, 0.3) is 0 Å². The number of carbonyl (C=O) groups excluding carboxylic acids is 2. The van der Waals surface area contributed by atoms with Crippen LogP contribution in [0.3, 0.4) is 0 Å². The van der Waals surface area contributed by atoms with Crippen molar-refractivity contribution in [2.45, 2.75) is 25.7 Å². The molecule has 0 aromatic heterocycles. The van der Waals surface area contributed by atoms with Crippen LogP contribution in [0.1, 0.15) is 25.7 Å². The molecule has 1 aliphatic heterocycles. The fourth-order valence-electron chi connectivity index (χ4n) is 1.65. The van der Waals surface area contributed by atoms with Crippen LogP contribution in [-0.2, 0) is 14.3 Å². The molecule has 96 valence electrons. The summed E-state index contributed by atoms with van der Waals surface area (Å²) >= 11 is 0. The molecule has 0 aromatic rings. The Bertz CT molecular complexity index is 270. The highest BCUT2D eigenvalue weighted by Gasteiger charge is 2.21. The third kappa shape index (κ3) is 5.10. The van der Waals surface area contributed by atoms with Crippen LogP contribution < -0.4 is 0 Å². The van der Waals surface area contributed by atoms with E-state index >= 15 is 0 Å². The number of nitrogens with zero attached hydrogens (tertiary/aromatic N) is 1. The van der Waals surface area contributed by atoms with Crippen LogP contribution in [0.15, 0.2) is 12.2 Å². The van der Waals surface area contributed by atoms with Crippen LogP contribution in [-0.4, -0.2) is 48.2 Å². The van der Waals surface area contributed by atoms with E-state index in [4.69, 9.17) is 9.84 Å². The molecule has 1 aliphatic rings. The molecule has 0 atom stereocenters.